The highest BCUT2D eigenvalue weighted by atomic mass is 19.1. The molecule has 0 spiro atoms. The molecule has 2 aromatic heterocycles. The van der Waals surface area contributed by atoms with Crippen LogP contribution in [0.2, 0.25) is 0 Å². The zero-order valence-electron chi connectivity index (χ0n) is 14.4. The van der Waals surface area contributed by atoms with Crippen LogP contribution in [-0.2, 0) is 4.79 Å². The molecule has 0 saturated carbocycles. The number of pyridine rings is 1. The summed E-state index contributed by atoms with van der Waals surface area (Å²) in [5.41, 5.74) is -0.305. The van der Waals surface area contributed by atoms with Gasteiger partial charge in [-0.1, -0.05) is 0 Å². The van der Waals surface area contributed by atoms with Crippen LogP contribution in [0.4, 0.5) is 14.6 Å². The van der Waals surface area contributed by atoms with Crippen LogP contribution in [0.15, 0.2) is 30.6 Å². The maximum absolute atomic E-state index is 13.8. The number of alkyl halides is 1. The molecule has 0 radical (unpaired) electrons. The van der Waals surface area contributed by atoms with Gasteiger partial charge in [-0.3, -0.25) is 9.69 Å². The van der Waals surface area contributed by atoms with Crippen molar-refractivity contribution >= 4 is 11.7 Å². The van der Waals surface area contributed by atoms with E-state index in [1.54, 1.807) is 12.3 Å². The van der Waals surface area contributed by atoms with Crippen molar-refractivity contribution in [2.75, 3.05) is 11.9 Å². The Morgan fingerprint density at radius 1 is 1.32 bits per heavy atom. The van der Waals surface area contributed by atoms with Crippen LogP contribution >= 0.6 is 0 Å². The average molecular weight is 349 g/mol. The van der Waals surface area contributed by atoms with E-state index in [-0.39, 0.29) is 24.4 Å². The molecule has 1 amide bonds. The minimum absolute atomic E-state index is 0.170. The van der Waals surface area contributed by atoms with Gasteiger partial charge in [0, 0.05) is 30.8 Å². The summed E-state index contributed by atoms with van der Waals surface area (Å²) in [6.45, 7) is 6.12. The first-order valence-electron chi connectivity index (χ1n) is 8.13. The minimum Gasteiger partial charge on any atom is -0.308 e. The fourth-order valence-electron chi connectivity index (χ4n) is 3.01. The highest BCUT2D eigenvalue weighted by Gasteiger charge is 2.42. The van der Waals surface area contributed by atoms with Gasteiger partial charge < -0.3 is 5.32 Å². The predicted octanol–water partition coefficient (Wildman–Crippen LogP) is 2.56. The standard InChI is InChI=1S/C17H21F2N5O/c1-17(2,3)23-10-12(19)8-13(23)16(25)21-14-6-7-24(22-14)15-5-4-11(18)9-20-15/h4-7,9,12-13H,8,10H2,1-3H3,(H,21,22,25)/t12-,13+/m1/s1. The molecule has 2 atom stereocenters. The topological polar surface area (TPSA) is 63.1 Å². The van der Waals surface area contributed by atoms with Crippen molar-refractivity contribution in [1.29, 1.82) is 0 Å². The van der Waals surface area contributed by atoms with Crippen LogP contribution in [0.1, 0.15) is 27.2 Å². The van der Waals surface area contributed by atoms with Crippen molar-refractivity contribution in [2.24, 2.45) is 0 Å². The molecule has 25 heavy (non-hydrogen) atoms. The molecular formula is C17H21F2N5O. The monoisotopic (exact) mass is 349 g/mol. The molecule has 1 fully saturated rings. The zero-order chi connectivity index (χ0) is 18.2. The number of amides is 1. The van der Waals surface area contributed by atoms with E-state index in [4.69, 9.17) is 0 Å². The molecule has 3 heterocycles. The maximum Gasteiger partial charge on any atom is 0.243 e. The fourth-order valence-corrected chi connectivity index (χ4v) is 3.01. The molecular weight excluding hydrogens is 328 g/mol. The zero-order valence-corrected chi connectivity index (χ0v) is 14.4. The Hall–Kier alpha value is -2.35. The van der Waals surface area contributed by atoms with Crippen LogP contribution in [0.25, 0.3) is 5.82 Å². The second kappa shape index (κ2) is 6.51. The maximum atomic E-state index is 13.8. The van der Waals surface area contributed by atoms with E-state index in [0.717, 1.165) is 6.20 Å². The third-order valence-corrected chi connectivity index (χ3v) is 4.20. The number of carbonyl (C=O) groups excluding carboxylic acids is 1. The number of nitrogens with zero attached hydrogens (tertiary/aromatic N) is 4. The number of anilines is 1. The van der Waals surface area contributed by atoms with E-state index in [1.165, 1.54) is 16.8 Å². The lowest BCUT2D eigenvalue weighted by Crippen LogP contribution is -2.49. The molecule has 2 aromatic rings. The van der Waals surface area contributed by atoms with Gasteiger partial charge >= 0.3 is 0 Å². The highest BCUT2D eigenvalue weighted by Crippen LogP contribution is 2.29. The second-order valence-electron chi connectivity index (χ2n) is 7.14. The van der Waals surface area contributed by atoms with Crippen molar-refractivity contribution in [1.82, 2.24) is 19.7 Å². The molecule has 1 saturated heterocycles. The summed E-state index contributed by atoms with van der Waals surface area (Å²) in [6.07, 6.45) is 1.86. The van der Waals surface area contributed by atoms with Crippen LogP contribution in [0.5, 0.6) is 0 Å². The lowest BCUT2D eigenvalue weighted by atomic mass is 10.0. The number of nitrogens with one attached hydrogen (secondary N) is 1. The van der Waals surface area contributed by atoms with E-state index < -0.39 is 18.0 Å². The third-order valence-electron chi connectivity index (χ3n) is 4.20. The van der Waals surface area contributed by atoms with Crippen LogP contribution < -0.4 is 5.32 Å². The molecule has 134 valence electrons. The number of hydrogen-bond donors (Lipinski definition) is 1. The smallest absolute Gasteiger partial charge is 0.243 e. The number of halogens is 2. The van der Waals surface area contributed by atoms with E-state index in [9.17, 15) is 13.6 Å². The molecule has 1 aliphatic heterocycles. The van der Waals surface area contributed by atoms with Gasteiger partial charge in [0.2, 0.25) is 5.91 Å². The van der Waals surface area contributed by atoms with Crippen molar-refractivity contribution in [3.8, 4) is 5.82 Å². The average Bonchev–Trinajstić information content (AvgIpc) is 3.14. The summed E-state index contributed by atoms with van der Waals surface area (Å²) in [5, 5.41) is 6.94. The normalized spacial score (nSPS) is 21.5. The highest BCUT2D eigenvalue weighted by molar-refractivity contribution is 5.94. The van der Waals surface area contributed by atoms with Gasteiger partial charge in [-0.05, 0) is 32.9 Å². The first kappa shape index (κ1) is 17.5. The number of hydrogen-bond acceptors (Lipinski definition) is 4. The SMILES string of the molecule is CC(C)(C)N1C[C@H](F)C[C@H]1C(=O)Nc1ccn(-c2ccc(F)cn2)n1. The molecule has 6 nitrogen and oxygen atoms in total. The van der Waals surface area contributed by atoms with Gasteiger partial charge in [0.25, 0.3) is 0 Å². The molecule has 1 aliphatic rings. The van der Waals surface area contributed by atoms with Gasteiger partial charge in [0.15, 0.2) is 11.6 Å². The molecule has 3 rings (SSSR count). The van der Waals surface area contributed by atoms with Crippen LogP contribution in [0, 0.1) is 5.82 Å². The van der Waals surface area contributed by atoms with Gasteiger partial charge in [-0.15, -0.1) is 5.10 Å². The Balaban J connectivity index is 1.72. The number of carbonyl (C=O) groups is 1. The van der Waals surface area contributed by atoms with E-state index in [0.29, 0.717) is 11.6 Å². The van der Waals surface area contributed by atoms with Crippen LogP contribution in [-0.4, -0.2) is 49.9 Å². The van der Waals surface area contributed by atoms with Crippen LogP contribution in [0.3, 0.4) is 0 Å². The summed E-state index contributed by atoms with van der Waals surface area (Å²) < 4.78 is 28.2. The minimum atomic E-state index is -1.02. The van der Waals surface area contributed by atoms with Crippen molar-refractivity contribution in [3.05, 3.63) is 36.4 Å². The summed E-state index contributed by atoms with van der Waals surface area (Å²) in [5.74, 6) is 0.0521. The molecule has 8 heteroatoms. The summed E-state index contributed by atoms with van der Waals surface area (Å²) in [7, 11) is 0. The summed E-state index contributed by atoms with van der Waals surface area (Å²) in [6, 6.07) is 3.85. The summed E-state index contributed by atoms with van der Waals surface area (Å²) in [4.78, 5) is 18.4. The Morgan fingerprint density at radius 3 is 2.72 bits per heavy atom. The van der Waals surface area contributed by atoms with Crippen molar-refractivity contribution in [3.63, 3.8) is 0 Å². The molecule has 1 N–H and O–H groups in total. The number of aromatic nitrogens is 3. The largest absolute Gasteiger partial charge is 0.308 e. The van der Waals surface area contributed by atoms with Gasteiger partial charge in [-0.2, -0.15) is 0 Å². The van der Waals surface area contributed by atoms with E-state index in [2.05, 4.69) is 15.4 Å². The van der Waals surface area contributed by atoms with Gasteiger partial charge in [-0.25, -0.2) is 18.4 Å². The Labute approximate surface area is 144 Å². The Bertz CT molecular complexity index is 753. The Kier molecular flexibility index (Phi) is 4.55. The second-order valence-corrected chi connectivity index (χ2v) is 7.14. The van der Waals surface area contributed by atoms with E-state index in [1.807, 2.05) is 25.7 Å². The van der Waals surface area contributed by atoms with E-state index >= 15 is 0 Å². The van der Waals surface area contributed by atoms with Crippen molar-refractivity contribution in [2.45, 2.75) is 44.9 Å². The molecule has 0 aliphatic carbocycles. The lowest BCUT2D eigenvalue weighted by Gasteiger charge is -2.35. The quantitative estimate of drug-likeness (QED) is 0.925. The molecule has 0 aromatic carbocycles. The van der Waals surface area contributed by atoms with Gasteiger partial charge in [0.1, 0.15) is 12.0 Å². The fraction of sp³-hybridized carbons (Fsp3) is 0.471. The van der Waals surface area contributed by atoms with Crippen molar-refractivity contribution < 1.29 is 13.6 Å². The molecule has 0 unspecified atom stereocenters. The number of rotatable bonds is 3. The summed E-state index contributed by atoms with van der Waals surface area (Å²) >= 11 is 0. The van der Waals surface area contributed by atoms with Gasteiger partial charge in [0.05, 0.1) is 12.2 Å². The first-order valence-corrected chi connectivity index (χ1v) is 8.13. The first-order chi connectivity index (χ1) is 11.7. The predicted molar refractivity (Wildman–Crippen MR) is 89.7 cm³/mol. The third kappa shape index (κ3) is 3.84. The molecule has 0 bridgehead atoms. The number of likely N-dealkylation sites (tertiary alicyclic amines) is 1. The Morgan fingerprint density at radius 2 is 2.08 bits per heavy atom. The lowest BCUT2D eigenvalue weighted by molar-refractivity contribution is -0.122.